The standard InChI is InChI=1S/C16H17N3O2/c1-17-15-12(6-4-9-18-15)16(20)19-13-8-10-21-14-7-3-2-5-11(13)14/h2-7,9,13H,8,10H2,1H3,(H,17,18)(H,19,20). The van der Waals surface area contributed by atoms with E-state index in [1.54, 1.807) is 25.4 Å². The number of anilines is 1. The molecule has 5 nitrogen and oxygen atoms in total. The van der Waals surface area contributed by atoms with Gasteiger partial charge in [0.15, 0.2) is 0 Å². The number of carbonyl (C=O) groups excluding carboxylic acids is 1. The number of nitrogens with one attached hydrogen (secondary N) is 2. The molecule has 0 radical (unpaired) electrons. The van der Waals surface area contributed by atoms with Gasteiger partial charge in [-0.05, 0) is 18.2 Å². The van der Waals surface area contributed by atoms with E-state index >= 15 is 0 Å². The molecule has 0 saturated carbocycles. The zero-order chi connectivity index (χ0) is 14.7. The molecule has 0 bridgehead atoms. The lowest BCUT2D eigenvalue weighted by Crippen LogP contribution is -2.32. The van der Waals surface area contributed by atoms with Crippen LogP contribution >= 0.6 is 0 Å². The van der Waals surface area contributed by atoms with Gasteiger partial charge in [-0.2, -0.15) is 0 Å². The number of nitrogens with zero attached hydrogens (tertiary/aromatic N) is 1. The average molecular weight is 283 g/mol. The topological polar surface area (TPSA) is 63.2 Å². The molecule has 3 rings (SSSR count). The van der Waals surface area contributed by atoms with Gasteiger partial charge in [-0.25, -0.2) is 4.98 Å². The van der Waals surface area contributed by atoms with E-state index in [1.165, 1.54) is 0 Å². The summed E-state index contributed by atoms with van der Waals surface area (Å²) in [5, 5.41) is 6.00. The number of hydrogen-bond donors (Lipinski definition) is 2. The predicted octanol–water partition coefficient (Wildman–Crippen LogP) is 2.38. The first-order chi connectivity index (χ1) is 10.3. The number of pyridine rings is 1. The number of para-hydroxylation sites is 1. The van der Waals surface area contributed by atoms with E-state index in [9.17, 15) is 4.79 Å². The number of carbonyl (C=O) groups is 1. The highest BCUT2D eigenvalue weighted by Crippen LogP contribution is 2.31. The summed E-state index contributed by atoms with van der Waals surface area (Å²) in [6, 6.07) is 11.3. The molecule has 2 N–H and O–H groups in total. The summed E-state index contributed by atoms with van der Waals surface area (Å²) in [4.78, 5) is 16.6. The molecule has 1 aromatic heterocycles. The molecule has 21 heavy (non-hydrogen) atoms. The van der Waals surface area contributed by atoms with Gasteiger partial charge in [-0.1, -0.05) is 18.2 Å². The molecule has 1 amide bonds. The Labute approximate surface area is 123 Å². The maximum atomic E-state index is 12.5. The van der Waals surface area contributed by atoms with Crippen molar-refractivity contribution in [3.05, 3.63) is 53.7 Å². The molecule has 1 aliphatic heterocycles. The third-order valence-corrected chi connectivity index (χ3v) is 3.55. The fraction of sp³-hybridized carbons (Fsp3) is 0.250. The number of benzene rings is 1. The Morgan fingerprint density at radius 3 is 3.00 bits per heavy atom. The first-order valence-electron chi connectivity index (χ1n) is 6.95. The fourth-order valence-electron chi connectivity index (χ4n) is 2.52. The third kappa shape index (κ3) is 2.67. The molecule has 0 aliphatic carbocycles. The third-order valence-electron chi connectivity index (χ3n) is 3.55. The lowest BCUT2D eigenvalue weighted by Gasteiger charge is -2.26. The summed E-state index contributed by atoms with van der Waals surface area (Å²) in [6.45, 7) is 0.605. The second-order valence-corrected chi connectivity index (χ2v) is 4.85. The Kier molecular flexibility index (Phi) is 3.73. The van der Waals surface area contributed by atoms with Crippen molar-refractivity contribution in [2.75, 3.05) is 19.0 Å². The lowest BCUT2D eigenvalue weighted by atomic mass is 10.00. The maximum absolute atomic E-state index is 12.5. The van der Waals surface area contributed by atoms with Gasteiger partial charge in [0.05, 0.1) is 18.2 Å². The molecule has 108 valence electrons. The van der Waals surface area contributed by atoms with Crippen LogP contribution in [0.3, 0.4) is 0 Å². The molecule has 1 aliphatic rings. The maximum Gasteiger partial charge on any atom is 0.255 e. The first kappa shape index (κ1) is 13.4. The summed E-state index contributed by atoms with van der Waals surface area (Å²) < 4.78 is 5.61. The second kappa shape index (κ2) is 5.83. The SMILES string of the molecule is CNc1ncccc1C(=O)NC1CCOc2ccccc21. The van der Waals surface area contributed by atoms with E-state index in [1.807, 2.05) is 24.3 Å². The zero-order valence-electron chi connectivity index (χ0n) is 11.8. The zero-order valence-corrected chi connectivity index (χ0v) is 11.8. The van der Waals surface area contributed by atoms with Crippen molar-refractivity contribution in [1.82, 2.24) is 10.3 Å². The average Bonchev–Trinajstić information content (AvgIpc) is 2.55. The van der Waals surface area contributed by atoms with Crippen LogP contribution in [0.15, 0.2) is 42.6 Å². The summed E-state index contributed by atoms with van der Waals surface area (Å²) in [7, 11) is 1.75. The van der Waals surface area contributed by atoms with Crippen LogP contribution in [0.25, 0.3) is 0 Å². The quantitative estimate of drug-likeness (QED) is 0.908. The van der Waals surface area contributed by atoms with Gasteiger partial charge >= 0.3 is 0 Å². The Hall–Kier alpha value is -2.56. The van der Waals surface area contributed by atoms with Crippen LogP contribution < -0.4 is 15.4 Å². The summed E-state index contributed by atoms with van der Waals surface area (Å²) in [6.07, 6.45) is 2.42. The Morgan fingerprint density at radius 2 is 2.14 bits per heavy atom. The van der Waals surface area contributed by atoms with Crippen LogP contribution in [-0.4, -0.2) is 24.5 Å². The van der Waals surface area contributed by atoms with Gasteiger partial charge in [0.2, 0.25) is 0 Å². The van der Waals surface area contributed by atoms with Crippen LogP contribution in [-0.2, 0) is 0 Å². The lowest BCUT2D eigenvalue weighted by molar-refractivity contribution is 0.0925. The van der Waals surface area contributed by atoms with E-state index in [4.69, 9.17) is 4.74 Å². The van der Waals surface area contributed by atoms with E-state index in [0.717, 1.165) is 17.7 Å². The van der Waals surface area contributed by atoms with Crippen molar-refractivity contribution in [1.29, 1.82) is 0 Å². The van der Waals surface area contributed by atoms with E-state index in [2.05, 4.69) is 15.6 Å². The first-order valence-corrected chi connectivity index (χ1v) is 6.95. The summed E-state index contributed by atoms with van der Waals surface area (Å²) in [5.41, 5.74) is 1.57. The monoisotopic (exact) mass is 283 g/mol. The smallest absolute Gasteiger partial charge is 0.255 e. The molecule has 1 atom stereocenters. The fourth-order valence-corrected chi connectivity index (χ4v) is 2.52. The van der Waals surface area contributed by atoms with E-state index in [0.29, 0.717) is 18.0 Å². The number of aromatic nitrogens is 1. The molecule has 2 heterocycles. The minimum absolute atomic E-state index is 0.0348. The molecular weight excluding hydrogens is 266 g/mol. The van der Waals surface area contributed by atoms with Crippen LogP contribution in [0.5, 0.6) is 5.75 Å². The molecular formula is C16H17N3O2. The largest absolute Gasteiger partial charge is 0.493 e. The highest BCUT2D eigenvalue weighted by atomic mass is 16.5. The minimum atomic E-state index is -0.130. The van der Waals surface area contributed by atoms with Crippen LogP contribution in [0.4, 0.5) is 5.82 Å². The van der Waals surface area contributed by atoms with E-state index in [-0.39, 0.29) is 11.9 Å². The number of fused-ring (bicyclic) bond motifs is 1. The van der Waals surface area contributed by atoms with Crippen LogP contribution in [0.1, 0.15) is 28.4 Å². The Balaban J connectivity index is 1.83. The highest BCUT2D eigenvalue weighted by molar-refractivity contribution is 5.98. The normalized spacial score (nSPS) is 16.5. The Bertz CT molecular complexity index is 657. The number of ether oxygens (including phenoxy) is 1. The van der Waals surface area contributed by atoms with Crippen molar-refractivity contribution >= 4 is 11.7 Å². The van der Waals surface area contributed by atoms with Gasteiger partial charge in [-0.15, -0.1) is 0 Å². The molecule has 0 fully saturated rings. The Morgan fingerprint density at radius 1 is 1.29 bits per heavy atom. The molecule has 0 spiro atoms. The van der Waals surface area contributed by atoms with Gasteiger partial charge in [0, 0.05) is 25.2 Å². The summed E-state index contributed by atoms with van der Waals surface area (Å²) >= 11 is 0. The number of hydrogen-bond acceptors (Lipinski definition) is 4. The van der Waals surface area contributed by atoms with Gasteiger partial charge in [0.25, 0.3) is 5.91 Å². The van der Waals surface area contributed by atoms with Crippen LogP contribution in [0.2, 0.25) is 0 Å². The van der Waals surface area contributed by atoms with Crippen molar-refractivity contribution in [2.45, 2.75) is 12.5 Å². The van der Waals surface area contributed by atoms with Crippen molar-refractivity contribution < 1.29 is 9.53 Å². The van der Waals surface area contributed by atoms with Crippen molar-refractivity contribution in [2.24, 2.45) is 0 Å². The minimum Gasteiger partial charge on any atom is -0.493 e. The van der Waals surface area contributed by atoms with Gasteiger partial charge in [0.1, 0.15) is 11.6 Å². The molecule has 1 aromatic carbocycles. The molecule has 2 aromatic rings. The van der Waals surface area contributed by atoms with Crippen molar-refractivity contribution in [3.8, 4) is 5.75 Å². The van der Waals surface area contributed by atoms with Crippen LogP contribution in [0, 0.1) is 0 Å². The molecule has 1 unspecified atom stereocenters. The second-order valence-electron chi connectivity index (χ2n) is 4.85. The van der Waals surface area contributed by atoms with Gasteiger partial charge < -0.3 is 15.4 Å². The number of rotatable bonds is 3. The predicted molar refractivity (Wildman–Crippen MR) is 80.5 cm³/mol. The molecule has 5 heteroatoms. The van der Waals surface area contributed by atoms with E-state index < -0.39 is 0 Å². The highest BCUT2D eigenvalue weighted by Gasteiger charge is 2.23. The summed E-state index contributed by atoms with van der Waals surface area (Å²) in [5.74, 6) is 1.29. The van der Waals surface area contributed by atoms with Crippen molar-refractivity contribution in [3.63, 3.8) is 0 Å². The molecule has 0 saturated heterocycles. The number of amides is 1. The van der Waals surface area contributed by atoms with Gasteiger partial charge in [-0.3, -0.25) is 4.79 Å².